The zero-order valence-electron chi connectivity index (χ0n) is 10.4. The lowest BCUT2D eigenvalue weighted by Crippen LogP contribution is -2.44. The third-order valence-corrected chi connectivity index (χ3v) is 4.95. The maximum atomic E-state index is 3.88. The summed E-state index contributed by atoms with van der Waals surface area (Å²) < 4.78 is 0. The van der Waals surface area contributed by atoms with Crippen molar-refractivity contribution in [2.75, 3.05) is 11.5 Å². The van der Waals surface area contributed by atoms with E-state index in [1.165, 1.54) is 37.2 Å². The van der Waals surface area contributed by atoms with E-state index >= 15 is 0 Å². The highest BCUT2D eigenvalue weighted by atomic mass is 32.2. The normalized spacial score (nSPS) is 40.6. The van der Waals surface area contributed by atoms with Crippen LogP contribution < -0.4 is 5.32 Å². The molecular weight excluding hydrogens is 202 g/mol. The fourth-order valence-electron chi connectivity index (χ4n) is 3.47. The topological polar surface area (TPSA) is 12.0 Å². The van der Waals surface area contributed by atoms with Crippen molar-refractivity contribution in [3.05, 3.63) is 0 Å². The highest BCUT2D eigenvalue weighted by Gasteiger charge is 2.33. The van der Waals surface area contributed by atoms with Gasteiger partial charge in [-0.3, -0.25) is 0 Å². The van der Waals surface area contributed by atoms with Crippen molar-refractivity contribution in [1.82, 2.24) is 5.32 Å². The van der Waals surface area contributed by atoms with Gasteiger partial charge in [0.05, 0.1) is 0 Å². The van der Waals surface area contributed by atoms with Crippen LogP contribution in [0.4, 0.5) is 0 Å². The zero-order chi connectivity index (χ0) is 10.9. The fraction of sp³-hybridized carbons (Fsp3) is 1.00. The number of nitrogens with one attached hydrogen (secondary N) is 1. The molecule has 1 aliphatic heterocycles. The van der Waals surface area contributed by atoms with Gasteiger partial charge in [0.15, 0.2) is 0 Å². The first-order valence-corrected chi connectivity index (χ1v) is 7.54. The van der Waals surface area contributed by atoms with Crippen LogP contribution in [-0.2, 0) is 0 Å². The van der Waals surface area contributed by atoms with E-state index in [9.17, 15) is 0 Å². The molecular formula is C13H25NS. The lowest BCUT2D eigenvalue weighted by Gasteiger charge is -2.40. The average molecular weight is 227 g/mol. The van der Waals surface area contributed by atoms with Crippen molar-refractivity contribution in [2.45, 2.75) is 58.5 Å². The molecule has 2 fully saturated rings. The van der Waals surface area contributed by atoms with Crippen molar-refractivity contribution in [3.63, 3.8) is 0 Å². The van der Waals surface area contributed by atoms with Gasteiger partial charge in [0.1, 0.15) is 0 Å². The molecule has 2 heteroatoms. The molecule has 1 N–H and O–H groups in total. The Balaban J connectivity index is 1.85. The summed E-state index contributed by atoms with van der Waals surface area (Å²) in [7, 11) is 0. The number of hydrogen-bond donors (Lipinski definition) is 1. The number of thioether (sulfide) groups is 1. The van der Waals surface area contributed by atoms with E-state index in [0.717, 1.165) is 18.0 Å². The van der Waals surface area contributed by atoms with Crippen molar-refractivity contribution >= 4 is 11.8 Å². The minimum absolute atomic E-state index is 0.557. The molecule has 2 aliphatic rings. The van der Waals surface area contributed by atoms with Crippen molar-refractivity contribution in [2.24, 2.45) is 11.3 Å². The Morgan fingerprint density at radius 3 is 2.60 bits per heavy atom. The Bertz CT molecular complexity index is 209. The summed E-state index contributed by atoms with van der Waals surface area (Å²) in [6.45, 7) is 7.28. The van der Waals surface area contributed by atoms with Gasteiger partial charge in [-0.1, -0.05) is 20.8 Å². The SMILES string of the molecule is CC1CC(NC2CCSC2)CC(C)(C)C1. The molecule has 1 nitrogen and oxygen atoms in total. The second-order valence-corrected chi connectivity index (χ2v) is 7.49. The van der Waals surface area contributed by atoms with Crippen LogP contribution in [0.5, 0.6) is 0 Å². The summed E-state index contributed by atoms with van der Waals surface area (Å²) in [4.78, 5) is 0. The lowest BCUT2D eigenvalue weighted by atomic mass is 9.70. The van der Waals surface area contributed by atoms with Crippen molar-refractivity contribution < 1.29 is 0 Å². The van der Waals surface area contributed by atoms with Crippen molar-refractivity contribution in [1.29, 1.82) is 0 Å². The van der Waals surface area contributed by atoms with E-state index in [2.05, 4.69) is 37.8 Å². The van der Waals surface area contributed by atoms with Gasteiger partial charge in [-0.2, -0.15) is 11.8 Å². The van der Waals surface area contributed by atoms with Crippen LogP contribution in [0.25, 0.3) is 0 Å². The highest BCUT2D eigenvalue weighted by Crippen LogP contribution is 2.38. The fourth-order valence-corrected chi connectivity index (χ4v) is 4.64. The predicted molar refractivity (Wildman–Crippen MR) is 69.4 cm³/mol. The van der Waals surface area contributed by atoms with E-state index in [1.807, 2.05) is 0 Å². The first-order chi connectivity index (χ1) is 7.05. The average Bonchev–Trinajstić information content (AvgIpc) is 2.52. The van der Waals surface area contributed by atoms with E-state index in [-0.39, 0.29) is 0 Å². The number of hydrogen-bond acceptors (Lipinski definition) is 2. The van der Waals surface area contributed by atoms with E-state index < -0.39 is 0 Å². The Labute approximate surface area is 98.8 Å². The minimum atomic E-state index is 0.557. The molecule has 88 valence electrons. The third-order valence-electron chi connectivity index (χ3n) is 3.79. The van der Waals surface area contributed by atoms with Gasteiger partial charge in [-0.25, -0.2) is 0 Å². The molecule has 1 aliphatic carbocycles. The molecule has 3 unspecified atom stereocenters. The molecule has 3 atom stereocenters. The molecule has 0 aromatic carbocycles. The summed E-state index contributed by atoms with van der Waals surface area (Å²) >= 11 is 2.11. The quantitative estimate of drug-likeness (QED) is 0.777. The van der Waals surface area contributed by atoms with Gasteiger partial charge in [-0.05, 0) is 42.8 Å². The Morgan fingerprint density at radius 2 is 2.00 bits per heavy atom. The number of rotatable bonds is 2. The summed E-state index contributed by atoms with van der Waals surface area (Å²) in [5, 5.41) is 3.88. The van der Waals surface area contributed by atoms with Gasteiger partial charge >= 0.3 is 0 Å². The van der Waals surface area contributed by atoms with Gasteiger partial charge in [0, 0.05) is 17.8 Å². The van der Waals surface area contributed by atoms with Crippen LogP contribution >= 0.6 is 11.8 Å². The first-order valence-electron chi connectivity index (χ1n) is 6.39. The Hall–Kier alpha value is 0.310. The summed E-state index contributed by atoms with van der Waals surface area (Å²) in [6, 6.07) is 1.59. The van der Waals surface area contributed by atoms with Crippen LogP contribution in [-0.4, -0.2) is 23.6 Å². The van der Waals surface area contributed by atoms with E-state index in [1.54, 1.807) is 0 Å². The molecule has 0 radical (unpaired) electrons. The van der Waals surface area contributed by atoms with Crippen molar-refractivity contribution in [3.8, 4) is 0 Å². The molecule has 0 aromatic heterocycles. The predicted octanol–water partition coefficient (Wildman–Crippen LogP) is 3.30. The minimum Gasteiger partial charge on any atom is -0.310 e. The zero-order valence-corrected chi connectivity index (χ0v) is 11.2. The van der Waals surface area contributed by atoms with Crippen LogP contribution in [0.1, 0.15) is 46.5 Å². The molecule has 1 heterocycles. The second-order valence-electron chi connectivity index (χ2n) is 6.34. The summed E-state index contributed by atoms with van der Waals surface area (Å²) in [5.74, 6) is 3.61. The summed E-state index contributed by atoms with van der Waals surface area (Å²) in [5.41, 5.74) is 0.557. The van der Waals surface area contributed by atoms with E-state index in [0.29, 0.717) is 5.41 Å². The van der Waals surface area contributed by atoms with Gasteiger partial charge in [0.2, 0.25) is 0 Å². The monoisotopic (exact) mass is 227 g/mol. The summed E-state index contributed by atoms with van der Waals surface area (Å²) in [6.07, 6.45) is 5.56. The molecule has 0 aromatic rings. The molecule has 15 heavy (non-hydrogen) atoms. The van der Waals surface area contributed by atoms with Crippen LogP contribution in [0.2, 0.25) is 0 Å². The largest absolute Gasteiger partial charge is 0.310 e. The smallest absolute Gasteiger partial charge is 0.0168 e. The van der Waals surface area contributed by atoms with Gasteiger partial charge in [0.25, 0.3) is 0 Å². The van der Waals surface area contributed by atoms with Crippen LogP contribution in [0.3, 0.4) is 0 Å². The Kier molecular flexibility index (Phi) is 3.67. The molecule has 1 saturated heterocycles. The van der Waals surface area contributed by atoms with Crippen LogP contribution in [0, 0.1) is 11.3 Å². The molecule has 0 bridgehead atoms. The maximum absolute atomic E-state index is 3.88. The lowest BCUT2D eigenvalue weighted by molar-refractivity contribution is 0.146. The Morgan fingerprint density at radius 1 is 1.20 bits per heavy atom. The van der Waals surface area contributed by atoms with Gasteiger partial charge < -0.3 is 5.32 Å². The first kappa shape index (κ1) is 11.8. The van der Waals surface area contributed by atoms with Gasteiger partial charge in [-0.15, -0.1) is 0 Å². The molecule has 2 rings (SSSR count). The maximum Gasteiger partial charge on any atom is 0.0168 e. The molecule has 0 amide bonds. The van der Waals surface area contributed by atoms with Crippen LogP contribution in [0.15, 0.2) is 0 Å². The third kappa shape index (κ3) is 3.39. The van der Waals surface area contributed by atoms with E-state index in [4.69, 9.17) is 0 Å². The standard InChI is InChI=1S/C13H25NS/c1-10-6-12(8-13(2,3)7-10)14-11-4-5-15-9-11/h10-12,14H,4-9H2,1-3H3. The highest BCUT2D eigenvalue weighted by molar-refractivity contribution is 7.99. The molecule has 0 spiro atoms. The second kappa shape index (κ2) is 4.67. The molecule has 1 saturated carbocycles.